The minimum atomic E-state index is -0.384. The second-order valence-electron chi connectivity index (χ2n) is 10.3. The van der Waals surface area contributed by atoms with Crippen molar-refractivity contribution in [3.8, 4) is 44.5 Å². The van der Waals surface area contributed by atoms with E-state index >= 15 is 0 Å². The third-order valence-corrected chi connectivity index (χ3v) is 7.86. The normalized spacial score (nSPS) is 13.7. The molecule has 0 fully saturated rings. The van der Waals surface area contributed by atoms with Gasteiger partial charge in [0, 0.05) is 0 Å². The van der Waals surface area contributed by atoms with E-state index in [4.69, 9.17) is 2.74 Å². The first-order chi connectivity index (χ1) is 23.8. The zero-order chi connectivity index (χ0) is 34.0. The van der Waals surface area contributed by atoms with E-state index in [-0.39, 0.29) is 53.1 Å². The Kier molecular flexibility index (Phi) is 4.38. The summed E-state index contributed by atoms with van der Waals surface area (Å²) in [5.41, 5.74) is 4.96. The summed E-state index contributed by atoms with van der Waals surface area (Å²) in [7, 11) is 0. The molecule has 8 aromatic carbocycles. The van der Waals surface area contributed by atoms with Crippen LogP contribution in [0.2, 0.25) is 0 Å². The number of hydrogen-bond donors (Lipinski definition) is 0. The van der Waals surface area contributed by atoms with Gasteiger partial charge in [-0.1, -0.05) is 152 Å². The highest BCUT2D eigenvalue weighted by molar-refractivity contribution is 6.22. The molecule has 0 heteroatoms. The van der Waals surface area contributed by atoms with E-state index in [0.717, 1.165) is 21.9 Å². The molecule has 0 spiro atoms. The van der Waals surface area contributed by atoms with Crippen LogP contribution >= 0.6 is 0 Å². The Balaban J connectivity index is 1.68. The van der Waals surface area contributed by atoms with Crippen LogP contribution in [0.1, 0.15) is 9.60 Å². The van der Waals surface area contributed by atoms with Crippen molar-refractivity contribution in [1.29, 1.82) is 0 Å². The Morgan fingerprint density at radius 3 is 1.60 bits per heavy atom. The highest BCUT2D eigenvalue weighted by atomic mass is 14.2. The average Bonchev–Trinajstić information content (AvgIpc) is 3.15. The summed E-state index contributed by atoms with van der Waals surface area (Å²) >= 11 is 0. The van der Waals surface area contributed by atoms with Gasteiger partial charge < -0.3 is 0 Å². The lowest BCUT2D eigenvalue weighted by molar-refractivity contribution is 1.62. The van der Waals surface area contributed by atoms with Crippen LogP contribution in [0.25, 0.3) is 76.8 Å². The van der Waals surface area contributed by atoms with E-state index in [1.807, 2.05) is 127 Å². The van der Waals surface area contributed by atoms with Gasteiger partial charge in [-0.15, -0.1) is 0 Å². The molecule has 8 rings (SSSR count). The fraction of sp³-hybridized carbons (Fsp3) is 0. The van der Waals surface area contributed by atoms with Gasteiger partial charge in [-0.05, 0) is 95.0 Å². The molecule has 0 saturated carbocycles. The Morgan fingerprint density at radius 2 is 0.905 bits per heavy atom. The molecule has 0 atom stereocenters. The average molecular weight is 540 g/mol. The van der Waals surface area contributed by atoms with Crippen molar-refractivity contribution in [3.05, 3.63) is 170 Å². The second-order valence-corrected chi connectivity index (χ2v) is 10.3. The third kappa shape index (κ3) is 4.08. The predicted octanol–water partition coefficient (Wildman–Crippen LogP) is 11.8. The number of hydrogen-bond acceptors (Lipinski definition) is 0. The summed E-state index contributed by atoms with van der Waals surface area (Å²) < 4.78 is 64.9. The van der Waals surface area contributed by atoms with Gasteiger partial charge in [0.05, 0.1) is 9.60 Å². The topological polar surface area (TPSA) is 0 Å². The third-order valence-electron chi connectivity index (χ3n) is 7.86. The molecule has 0 saturated heterocycles. The van der Waals surface area contributed by atoms with Crippen molar-refractivity contribution >= 4 is 32.3 Å². The van der Waals surface area contributed by atoms with Crippen LogP contribution in [0.15, 0.2) is 170 Å². The molecule has 0 aromatic heterocycles. The Morgan fingerprint density at radius 1 is 0.357 bits per heavy atom. The van der Waals surface area contributed by atoms with Gasteiger partial charge in [0.2, 0.25) is 0 Å². The maximum atomic E-state index is 9.77. The van der Waals surface area contributed by atoms with Crippen molar-refractivity contribution < 1.29 is 9.60 Å². The van der Waals surface area contributed by atoms with E-state index in [1.165, 1.54) is 0 Å². The maximum absolute atomic E-state index is 9.77. The van der Waals surface area contributed by atoms with E-state index in [2.05, 4.69) is 0 Å². The van der Waals surface area contributed by atoms with Crippen molar-refractivity contribution in [1.82, 2.24) is 0 Å². The highest BCUT2D eigenvalue weighted by Gasteiger charge is 2.18. The van der Waals surface area contributed by atoms with Crippen LogP contribution in [-0.4, -0.2) is 0 Å². The van der Waals surface area contributed by atoms with Crippen LogP contribution in [0.3, 0.4) is 0 Å². The molecule has 0 amide bonds. The van der Waals surface area contributed by atoms with Gasteiger partial charge in [-0.3, -0.25) is 0 Å². The Labute approximate surface area is 256 Å². The monoisotopic (exact) mass is 539 g/mol. The molecule has 0 heterocycles. The van der Waals surface area contributed by atoms with Crippen LogP contribution in [-0.2, 0) is 0 Å². The van der Waals surface area contributed by atoms with E-state index in [0.29, 0.717) is 44.2 Å². The summed E-state index contributed by atoms with van der Waals surface area (Å²) in [5.74, 6) is 0. The highest BCUT2D eigenvalue weighted by Crippen LogP contribution is 2.46. The van der Waals surface area contributed by atoms with Gasteiger partial charge >= 0.3 is 0 Å². The smallest absolute Gasteiger partial charge is 0.0622 e. The molecular weight excluding hydrogens is 504 g/mol. The fourth-order valence-electron chi connectivity index (χ4n) is 5.96. The molecule has 0 aliphatic rings. The first kappa shape index (κ1) is 18.1. The number of fused-ring (bicyclic) bond motifs is 3. The van der Waals surface area contributed by atoms with Crippen LogP contribution in [0.4, 0.5) is 0 Å². The summed E-state index contributed by atoms with van der Waals surface area (Å²) in [6.07, 6.45) is 0. The van der Waals surface area contributed by atoms with Crippen molar-refractivity contribution in [2.75, 3.05) is 0 Å². The van der Waals surface area contributed by atoms with Crippen LogP contribution in [0, 0.1) is 0 Å². The number of benzene rings is 8. The van der Waals surface area contributed by atoms with Crippen molar-refractivity contribution in [2.24, 2.45) is 0 Å². The second kappa shape index (κ2) is 10.2. The quantitative estimate of drug-likeness (QED) is 0.195. The Bertz CT molecular complexity index is 2600. The van der Waals surface area contributed by atoms with E-state index < -0.39 is 0 Å². The largest absolute Gasteiger partial charge is 0.0636 e. The van der Waals surface area contributed by atoms with Gasteiger partial charge in [0.25, 0.3) is 0 Å². The lowest BCUT2D eigenvalue weighted by Crippen LogP contribution is -1.92. The molecule has 0 bridgehead atoms. The minimum absolute atomic E-state index is 0.0284. The molecule has 0 aliphatic heterocycles. The summed E-state index contributed by atoms with van der Waals surface area (Å²) in [5, 5.41) is 3.13. The molecule has 0 radical (unpaired) electrons. The number of rotatable bonds is 4. The Hall–Kier alpha value is -5.46. The first-order valence-electron chi connectivity index (χ1n) is 17.5. The van der Waals surface area contributed by atoms with Gasteiger partial charge in [-0.2, -0.15) is 0 Å². The fourth-order valence-corrected chi connectivity index (χ4v) is 5.96. The zero-order valence-corrected chi connectivity index (χ0v) is 22.6. The molecule has 0 N–H and O–H groups in total. The standard InChI is InChI=1S/C42H28/c1-4-14-29(15-5-1)32-24-25-38-40(27-32)41(31-18-8-3-9-19-31)36-22-12-13-23-37(36)42(38)34-26-33-20-10-11-21-35(33)39(28-34)30-16-6-2-7-17-30/h1-28H/i12D,13D,22D,23D,24D,25D,27D. The molecule has 0 unspecified atom stereocenters. The molecule has 196 valence electrons. The first-order valence-corrected chi connectivity index (χ1v) is 14.0. The molecule has 8 aromatic rings. The maximum Gasteiger partial charge on any atom is 0.0636 e. The zero-order valence-electron chi connectivity index (χ0n) is 29.6. The lowest BCUT2D eigenvalue weighted by atomic mass is 9.83. The van der Waals surface area contributed by atoms with Crippen LogP contribution < -0.4 is 0 Å². The van der Waals surface area contributed by atoms with E-state index in [9.17, 15) is 6.85 Å². The summed E-state index contributed by atoms with van der Waals surface area (Å²) in [6, 6.07) is 39.0. The van der Waals surface area contributed by atoms with Gasteiger partial charge in [-0.25, -0.2) is 0 Å². The van der Waals surface area contributed by atoms with Gasteiger partial charge in [0.15, 0.2) is 0 Å². The molecule has 0 aliphatic carbocycles. The SMILES string of the molecule is [2H]c1c([2H])c([2H])c2c(-c3ccccc3)c3c([2H])c(-c4ccccc4)c([2H])c([2H])c3c(-c3cc(-c4ccccc4)c4ccccc4c3)c2c1[2H]. The summed E-state index contributed by atoms with van der Waals surface area (Å²) in [6.45, 7) is 0. The molecule has 0 nitrogen and oxygen atoms in total. The van der Waals surface area contributed by atoms with Gasteiger partial charge in [0.1, 0.15) is 0 Å². The van der Waals surface area contributed by atoms with E-state index in [1.54, 1.807) is 0 Å². The predicted molar refractivity (Wildman–Crippen MR) is 181 cm³/mol. The summed E-state index contributed by atoms with van der Waals surface area (Å²) in [4.78, 5) is 0. The molecular formula is C42H28. The van der Waals surface area contributed by atoms with Crippen LogP contribution in [0.5, 0.6) is 0 Å². The van der Waals surface area contributed by atoms with Crippen molar-refractivity contribution in [2.45, 2.75) is 0 Å². The molecule has 42 heavy (non-hydrogen) atoms. The minimum Gasteiger partial charge on any atom is -0.0622 e. The lowest BCUT2D eigenvalue weighted by Gasteiger charge is -2.20. The van der Waals surface area contributed by atoms with Crippen molar-refractivity contribution in [3.63, 3.8) is 0 Å².